The molecule has 3 atom stereocenters. The molecule has 168 valence electrons. The zero-order chi connectivity index (χ0) is 22.7. The fourth-order valence-electron chi connectivity index (χ4n) is 5.43. The van der Waals surface area contributed by atoms with Crippen LogP contribution in [0.1, 0.15) is 54.6 Å². The van der Waals surface area contributed by atoms with Gasteiger partial charge in [0.15, 0.2) is 11.4 Å². The largest absolute Gasteiger partial charge is 0.383 e. The summed E-state index contributed by atoms with van der Waals surface area (Å²) in [6, 6.07) is 6.84. The minimum Gasteiger partial charge on any atom is -0.383 e. The van der Waals surface area contributed by atoms with Crippen LogP contribution >= 0.6 is 0 Å². The second-order valence-electron chi connectivity index (χ2n) is 9.22. The normalized spacial score (nSPS) is 22.2. The third kappa shape index (κ3) is 3.31. The smallest absolute Gasteiger partial charge is 0.165 e. The van der Waals surface area contributed by atoms with Crippen LogP contribution in [-0.2, 0) is 7.05 Å². The highest BCUT2D eigenvalue weighted by molar-refractivity contribution is 6.00. The number of carbonyl (C=O) groups is 1. The number of piperidine rings is 1. The van der Waals surface area contributed by atoms with Gasteiger partial charge in [-0.1, -0.05) is 6.07 Å². The molecule has 2 fully saturated rings. The molecule has 4 aromatic rings. The number of hydrogen-bond donors (Lipinski definition) is 2. The first kappa shape index (κ1) is 20.0. The molecule has 33 heavy (non-hydrogen) atoms. The van der Waals surface area contributed by atoms with Gasteiger partial charge < -0.3 is 11.1 Å². The van der Waals surface area contributed by atoms with E-state index in [0.29, 0.717) is 29.1 Å². The number of aromatic nitrogens is 6. The predicted octanol–water partition coefficient (Wildman–Crippen LogP) is 2.97. The summed E-state index contributed by atoms with van der Waals surface area (Å²) in [5, 5.41) is 12.6. The van der Waals surface area contributed by atoms with E-state index in [9.17, 15) is 4.79 Å². The van der Waals surface area contributed by atoms with Gasteiger partial charge in [-0.3, -0.25) is 14.5 Å². The Morgan fingerprint density at radius 1 is 1.12 bits per heavy atom. The molecule has 2 aliphatic rings. The zero-order valence-electron chi connectivity index (χ0n) is 18.7. The molecule has 0 saturated carbocycles. The van der Waals surface area contributed by atoms with Gasteiger partial charge in [0, 0.05) is 48.6 Å². The monoisotopic (exact) mass is 442 g/mol. The molecule has 9 heteroatoms. The van der Waals surface area contributed by atoms with Crippen LogP contribution in [0.15, 0.2) is 36.8 Å². The van der Waals surface area contributed by atoms with Gasteiger partial charge in [-0.05, 0) is 44.7 Å². The summed E-state index contributed by atoms with van der Waals surface area (Å²) in [7, 11) is 1.88. The van der Waals surface area contributed by atoms with Crippen molar-refractivity contribution in [3.63, 3.8) is 0 Å². The van der Waals surface area contributed by atoms with Gasteiger partial charge in [-0.25, -0.2) is 4.98 Å². The number of aryl methyl sites for hydroxylation is 1. The minimum absolute atomic E-state index is 0.0683. The highest BCUT2D eigenvalue weighted by Gasteiger charge is 2.37. The molecule has 2 aliphatic heterocycles. The summed E-state index contributed by atoms with van der Waals surface area (Å²) in [6.45, 7) is 1.56. The van der Waals surface area contributed by atoms with Crippen molar-refractivity contribution in [2.24, 2.45) is 7.05 Å². The Morgan fingerprint density at radius 2 is 1.91 bits per heavy atom. The van der Waals surface area contributed by atoms with Crippen molar-refractivity contribution >= 4 is 17.2 Å². The summed E-state index contributed by atoms with van der Waals surface area (Å²) >= 11 is 0. The lowest BCUT2D eigenvalue weighted by molar-refractivity contribution is 0.101. The quantitative estimate of drug-likeness (QED) is 0.467. The first-order chi connectivity index (χ1) is 16.0. The van der Waals surface area contributed by atoms with E-state index in [0.717, 1.165) is 41.1 Å². The third-order valence-electron chi connectivity index (χ3n) is 6.97. The number of anilines is 1. The molecule has 0 aliphatic carbocycles. The van der Waals surface area contributed by atoms with Crippen LogP contribution < -0.4 is 11.1 Å². The van der Waals surface area contributed by atoms with Gasteiger partial charge >= 0.3 is 0 Å². The average Bonchev–Trinajstić information content (AvgIpc) is 3.52. The highest BCUT2D eigenvalue weighted by Crippen LogP contribution is 2.40. The van der Waals surface area contributed by atoms with E-state index in [1.807, 2.05) is 37.6 Å². The number of nitrogens with zero attached hydrogens (tertiary/aromatic N) is 6. The number of fused-ring (bicyclic) bond motifs is 3. The second-order valence-corrected chi connectivity index (χ2v) is 9.22. The lowest BCUT2D eigenvalue weighted by Gasteiger charge is -2.30. The fourth-order valence-corrected chi connectivity index (χ4v) is 5.43. The van der Waals surface area contributed by atoms with Crippen molar-refractivity contribution in [2.75, 3.05) is 5.73 Å². The van der Waals surface area contributed by atoms with Crippen LogP contribution in [0.3, 0.4) is 0 Å². The SMILES string of the molecule is CC(=O)c1c([C@@H]2C[C@H]3CC[C@@H](C2)N3)nc2c(-c3ccc(-c4ccn(C)n4)nc3)cnn2c1N. The average molecular weight is 443 g/mol. The van der Waals surface area contributed by atoms with Crippen molar-refractivity contribution in [3.8, 4) is 22.5 Å². The number of nitrogens with one attached hydrogen (secondary N) is 1. The number of hydrogen-bond acceptors (Lipinski definition) is 7. The molecule has 0 aromatic carbocycles. The maximum atomic E-state index is 12.6. The summed E-state index contributed by atoms with van der Waals surface area (Å²) < 4.78 is 3.34. The number of nitrogen functional groups attached to an aromatic ring is 1. The van der Waals surface area contributed by atoms with E-state index >= 15 is 0 Å². The molecule has 3 N–H and O–H groups in total. The number of carbonyl (C=O) groups excluding carboxylic acids is 1. The van der Waals surface area contributed by atoms with Gasteiger partial charge in [-0.15, -0.1) is 0 Å². The van der Waals surface area contributed by atoms with Crippen molar-refractivity contribution in [3.05, 3.63) is 48.0 Å². The van der Waals surface area contributed by atoms with E-state index in [1.54, 1.807) is 22.3 Å². The third-order valence-corrected chi connectivity index (χ3v) is 6.97. The fraction of sp³-hybridized carbons (Fsp3) is 0.375. The molecular formula is C24H26N8O. The van der Waals surface area contributed by atoms with Gasteiger partial charge in [0.25, 0.3) is 0 Å². The molecule has 0 radical (unpaired) electrons. The first-order valence-electron chi connectivity index (χ1n) is 11.4. The number of ketones is 1. The Kier molecular flexibility index (Phi) is 4.55. The zero-order valence-corrected chi connectivity index (χ0v) is 18.7. The highest BCUT2D eigenvalue weighted by atomic mass is 16.1. The van der Waals surface area contributed by atoms with Crippen molar-refractivity contribution < 1.29 is 4.79 Å². The maximum absolute atomic E-state index is 12.6. The first-order valence-corrected chi connectivity index (χ1v) is 11.4. The maximum Gasteiger partial charge on any atom is 0.165 e. The molecule has 6 heterocycles. The number of Topliss-reactive ketones (excluding diaryl/α,β-unsaturated/α-hetero) is 1. The Morgan fingerprint density at radius 3 is 2.55 bits per heavy atom. The molecule has 4 aromatic heterocycles. The second kappa shape index (κ2) is 7.48. The Hall–Kier alpha value is -3.59. The topological polar surface area (TPSA) is 116 Å². The van der Waals surface area contributed by atoms with Crippen molar-refractivity contribution in [1.29, 1.82) is 0 Å². The van der Waals surface area contributed by atoms with E-state index in [2.05, 4.69) is 20.5 Å². The van der Waals surface area contributed by atoms with Crippen LogP contribution in [0.5, 0.6) is 0 Å². The molecule has 0 amide bonds. The van der Waals surface area contributed by atoms with E-state index in [1.165, 1.54) is 12.8 Å². The van der Waals surface area contributed by atoms with Gasteiger partial charge in [0.2, 0.25) is 0 Å². The molecular weight excluding hydrogens is 416 g/mol. The van der Waals surface area contributed by atoms with Crippen molar-refractivity contribution in [2.45, 2.75) is 50.6 Å². The number of rotatable bonds is 4. The molecule has 9 nitrogen and oxygen atoms in total. The summed E-state index contributed by atoms with van der Waals surface area (Å²) in [5.41, 5.74) is 11.8. The van der Waals surface area contributed by atoms with Crippen LogP contribution in [0.4, 0.5) is 5.82 Å². The Balaban J connectivity index is 1.45. The van der Waals surface area contributed by atoms with Crippen LogP contribution in [0.25, 0.3) is 28.2 Å². The van der Waals surface area contributed by atoms with Crippen molar-refractivity contribution in [1.82, 2.24) is 34.7 Å². The van der Waals surface area contributed by atoms with Crippen LogP contribution in [0, 0.1) is 0 Å². The van der Waals surface area contributed by atoms with E-state index in [4.69, 9.17) is 10.7 Å². The summed E-state index contributed by atoms with van der Waals surface area (Å²) in [6.07, 6.45) is 9.76. The van der Waals surface area contributed by atoms with Gasteiger partial charge in [-0.2, -0.15) is 14.7 Å². The van der Waals surface area contributed by atoms with Gasteiger partial charge in [0.1, 0.15) is 11.5 Å². The van der Waals surface area contributed by atoms with Gasteiger partial charge in [0.05, 0.1) is 23.1 Å². The number of pyridine rings is 1. The molecule has 2 saturated heterocycles. The van der Waals surface area contributed by atoms with E-state index < -0.39 is 0 Å². The molecule has 2 bridgehead atoms. The Bertz CT molecular complexity index is 1360. The van der Waals surface area contributed by atoms with Crippen LogP contribution in [0.2, 0.25) is 0 Å². The molecule has 0 unspecified atom stereocenters. The summed E-state index contributed by atoms with van der Waals surface area (Å²) in [4.78, 5) is 22.2. The van der Waals surface area contributed by atoms with E-state index in [-0.39, 0.29) is 11.7 Å². The molecule has 6 rings (SSSR count). The lowest BCUT2D eigenvalue weighted by Crippen LogP contribution is -2.38. The standard InChI is InChI=1S/C24H26N8O/c1-13(33)21-22(15-9-16-4-5-17(10-15)28-16)29-24-18(12-27-32(24)23(21)25)14-3-6-19(26-11-14)20-7-8-31(2)30-20/h3,6-8,11-12,15-17,28H,4-5,9-10,25H2,1-2H3/t15-,16-,17+. The molecule has 0 spiro atoms. The van der Waals surface area contributed by atoms with Crippen LogP contribution in [-0.4, -0.2) is 47.2 Å². The number of nitrogens with two attached hydrogens (primary N) is 1. The lowest BCUT2D eigenvalue weighted by atomic mass is 9.86. The Labute approximate surface area is 191 Å². The predicted molar refractivity (Wildman–Crippen MR) is 125 cm³/mol. The minimum atomic E-state index is -0.0683. The summed E-state index contributed by atoms with van der Waals surface area (Å²) in [5.74, 6) is 0.501.